The number of hydrogen-bond donors (Lipinski definition) is 2. The van der Waals surface area contributed by atoms with E-state index in [1.54, 1.807) is 19.5 Å². The van der Waals surface area contributed by atoms with Crippen LogP contribution in [0, 0.1) is 0 Å². The van der Waals surface area contributed by atoms with Crippen LogP contribution in [0.2, 0.25) is 0 Å². The highest BCUT2D eigenvalue weighted by atomic mass is 16.5. The number of carbonyl (C=O) groups excluding carboxylic acids is 1. The van der Waals surface area contributed by atoms with Gasteiger partial charge in [-0.2, -0.15) is 0 Å². The second kappa shape index (κ2) is 5.85. The topological polar surface area (TPSA) is 93.9 Å². The Hall–Kier alpha value is -2.89. The van der Waals surface area contributed by atoms with Crippen molar-refractivity contribution in [2.75, 3.05) is 7.11 Å². The molecule has 2 aromatic heterocycles. The standard InChI is InChI=1S/C16H16N4O2/c1-22-16-9-18-14(8-19-16)11-3-2-10-6-12(4-5-15(17)21)20-13(10)7-11/h2-3,6-9,20H,4-5H2,1H3,(H2,17,21). The summed E-state index contributed by atoms with van der Waals surface area (Å²) in [6.45, 7) is 0. The van der Waals surface area contributed by atoms with Crippen molar-refractivity contribution in [3.63, 3.8) is 0 Å². The Balaban J connectivity index is 1.89. The summed E-state index contributed by atoms with van der Waals surface area (Å²) in [4.78, 5) is 22.7. The molecular weight excluding hydrogens is 280 g/mol. The van der Waals surface area contributed by atoms with Crippen molar-refractivity contribution in [1.29, 1.82) is 0 Å². The molecule has 2 heterocycles. The fourth-order valence-electron chi connectivity index (χ4n) is 2.31. The number of primary amides is 1. The zero-order valence-corrected chi connectivity index (χ0v) is 12.2. The summed E-state index contributed by atoms with van der Waals surface area (Å²) in [5.41, 5.74) is 8.91. The number of aromatic amines is 1. The minimum Gasteiger partial charge on any atom is -0.480 e. The van der Waals surface area contributed by atoms with E-state index in [2.05, 4.69) is 15.0 Å². The molecule has 3 rings (SSSR count). The number of amides is 1. The average Bonchev–Trinajstić information content (AvgIpc) is 2.95. The molecule has 6 nitrogen and oxygen atoms in total. The fourth-order valence-corrected chi connectivity index (χ4v) is 2.31. The van der Waals surface area contributed by atoms with Gasteiger partial charge in [0.15, 0.2) is 0 Å². The fraction of sp³-hybridized carbons (Fsp3) is 0.188. The van der Waals surface area contributed by atoms with Gasteiger partial charge in [-0.25, -0.2) is 9.97 Å². The van der Waals surface area contributed by atoms with E-state index in [0.717, 1.165) is 27.9 Å². The molecule has 1 amide bonds. The molecule has 0 aliphatic carbocycles. The zero-order valence-electron chi connectivity index (χ0n) is 12.2. The Labute approximate surface area is 127 Å². The van der Waals surface area contributed by atoms with Crippen molar-refractivity contribution in [2.45, 2.75) is 12.8 Å². The zero-order chi connectivity index (χ0) is 15.5. The first-order valence-corrected chi connectivity index (χ1v) is 6.92. The van der Waals surface area contributed by atoms with Gasteiger partial charge in [-0.1, -0.05) is 12.1 Å². The van der Waals surface area contributed by atoms with Gasteiger partial charge in [0.05, 0.1) is 25.2 Å². The molecular formula is C16H16N4O2. The Morgan fingerprint density at radius 1 is 1.27 bits per heavy atom. The van der Waals surface area contributed by atoms with Crippen molar-refractivity contribution < 1.29 is 9.53 Å². The van der Waals surface area contributed by atoms with E-state index >= 15 is 0 Å². The number of hydrogen-bond acceptors (Lipinski definition) is 4. The molecule has 22 heavy (non-hydrogen) atoms. The second-order valence-corrected chi connectivity index (χ2v) is 5.01. The maximum Gasteiger partial charge on any atom is 0.232 e. The number of methoxy groups -OCH3 is 1. The van der Waals surface area contributed by atoms with Crippen molar-refractivity contribution in [1.82, 2.24) is 15.0 Å². The predicted molar refractivity (Wildman–Crippen MR) is 83.4 cm³/mol. The second-order valence-electron chi connectivity index (χ2n) is 5.01. The van der Waals surface area contributed by atoms with Gasteiger partial charge in [-0.3, -0.25) is 4.79 Å². The third-order valence-electron chi connectivity index (χ3n) is 3.45. The minimum atomic E-state index is -0.298. The van der Waals surface area contributed by atoms with Gasteiger partial charge in [0.25, 0.3) is 0 Å². The molecule has 0 atom stereocenters. The van der Waals surface area contributed by atoms with Gasteiger partial charge in [-0.15, -0.1) is 0 Å². The highest BCUT2D eigenvalue weighted by Crippen LogP contribution is 2.24. The Kier molecular flexibility index (Phi) is 3.74. The molecule has 3 aromatic rings. The number of aromatic nitrogens is 3. The SMILES string of the molecule is COc1cnc(-c2ccc3cc(CCC(N)=O)[nH]c3c2)cn1. The summed E-state index contributed by atoms with van der Waals surface area (Å²) in [7, 11) is 1.56. The summed E-state index contributed by atoms with van der Waals surface area (Å²) in [6, 6.07) is 8.05. The summed E-state index contributed by atoms with van der Waals surface area (Å²) in [5, 5.41) is 1.09. The van der Waals surface area contributed by atoms with Crippen LogP contribution in [0.15, 0.2) is 36.7 Å². The van der Waals surface area contributed by atoms with Crippen LogP contribution in [-0.2, 0) is 11.2 Å². The highest BCUT2D eigenvalue weighted by molar-refractivity contribution is 5.85. The molecule has 1 aromatic carbocycles. The van der Waals surface area contributed by atoms with Gasteiger partial charge in [-0.05, 0) is 23.9 Å². The molecule has 0 spiro atoms. The number of rotatable bonds is 5. The molecule has 0 unspecified atom stereocenters. The lowest BCUT2D eigenvalue weighted by Crippen LogP contribution is -2.11. The van der Waals surface area contributed by atoms with Gasteiger partial charge < -0.3 is 15.5 Å². The number of aryl methyl sites for hydroxylation is 1. The molecule has 0 fully saturated rings. The number of H-pyrrole nitrogens is 1. The maximum atomic E-state index is 10.9. The first-order valence-electron chi connectivity index (χ1n) is 6.92. The van der Waals surface area contributed by atoms with Crippen LogP contribution in [0.4, 0.5) is 0 Å². The lowest BCUT2D eigenvalue weighted by Gasteiger charge is -2.02. The first-order chi connectivity index (χ1) is 10.7. The molecule has 0 aliphatic heterocycles. The van der Waals surface area contributed by atoms with E-state index in [0.29, 0.717) is 18.7 Å². The van der Waals surface area contributed by atoms with Crippen molar-refractivity contribution >= 4 is 16.8 Å². The molecule has 0 bridgehead atoms. The lowest BCUT2D eigenvalue weighted by molar-refractivity contribution is -0.118. The molecule has 6 heteroatoms. The van der Waals surface area contributed by atoms with E-state index in [9.17, 15) is 4.79 Å². The van der Waals surface area contributed by atoms with Gasteiger partial charge in [0.1, 0.15) is 0 Å². The van der Waals surface area contributed by atoms with E-state index in [1.807, 2.05) is 24.3 Å². The van der Waals surface area contributed by atoms with Crippen LogP contribution < -0.4 is 10.5 Å². The van der Waals surface area contributed by atoms with Crippen molar-refractivity contribution in [3.05, 3.63) is 42.4 Å². The molecule has 0 aliphatic rings. The molecule has 0 saturated carbocycles. The van der Waals surface area contributed by atoms with Gasteiger partial charge >= 0.3 is 0 Å². The summed E-state index contributed by atoms with van der Waals surface area (Å²) < 4.78 is 5.01. The van der Waals surface area contributed by atoms with E-state index in [-0.39, 0.29) is 5.91 Å². The largest absolute Gasteiger partial charge is 0.480 e. The minimum absolute atomic E-state index is 0.298. The average molecular weight is 296 g/mol. The highest BCUT2D eigenvalue weighted by Gasteiger charge is 2.06. The van der Waals surface area contributed by atoms with Crippen LogP contribution >= 0.6 is 0 Å². The summed E-state index contributed by atoms with van der Waals surface area (Å²) >= 11 is 0. The van der Waals surface area contributed by atoms with E-state index in [4.69, 9.17) is 10.5 Å². The maximum absolute atomic E-state index is 10.9. The lowest BCUT2D eigenvalue weighted by atomic mass is 10.1. The van der Waals surface area contributed by atoms with Crippen LogP contribution in [0.5, 0.6) is 5.88 Å². The quantitative estimate of drug-likeness (QED) is 0.753. The Morgan fingerprint density at radius 3 is 2.82 bits per heavy atom. The monoisotopic (exact) mass is 296 g/mol. The molecule has 0 saturated heterocycles. The van der Waals surface area contributed by atoms with E-state index < -0.39 is 0 Å². The number of nitrogens with one attached hydrogen (secondary N) is 1. The van der Waals surface area contributed by atoms with Gasteiger partial charge in [0, 0.05) is 23.2 Å². The first kappa shape index (κ1) is 14.1. The Morgan fingerprint density at radius 2 is 2.14 bits per heavy atom. The van der Waals surface area contributed by atoms with Crippen LogP contribution in [-0.4, -0.2) is 28.0 Å². The van der Waals surface area contributed by atoms with E-state index in [1.165, 1.54) is 0 Å². The predicted octanol–water partition coefficient (Wildman–Crippen LogP) is 2.05. The molecule has 112 valence electrons. The third kappa shape index (κ3) is 2.90. The smallest absolute Gasteiger partial charge is 0.232 e. The normalized spacial score (nSPS) is 10.8. The van der Waals surface area contributed by atoms with Crippen LogP contribution in [0.25, 0.3) is 22.2 Å². The molecule has 0 radical (unpaired) electrons. The summed E-state index contributed by atoms with van der Waals surface area (Å²) in [6.07, 6.45) is 4.22. The number of fused-ring (bicyclic) bond motifs is 1. The number of benzene rings is 1. The number of ether oxygens (including phenoxy) is 1. The Bertz CT molecular complexity index is 809. The summed E-state index contributed by atoms with van der Waals surface area (Å²) in [5.74, 6) is 0.186. The van der Waals surface area contributed by atoms with Gasteiger partial charge in [0.2, 0.25) is 11.8 Å². The van der Waals surface area contributed by atoms with Crippen LogP contribution in [0.1, 0.15) is 12.1 Å². The number of nitrogens with zero attached hydrogens (tertiary/aromatic N) is 2. The number of nitrogens with two attached hydrogens (primary N) is 1. The van der Waals surface area contributed by atoms with Crippen molar-refractivity contribution in [3.8, 4) is 17.1 Å². The molecule has 3 N–H and O–H groups in total. The van der Waals surface area contributed by atoms with Crippen molar-refractivity contribution in [2.24, 2.45) is 5.73 Å². The third-order valence-corrected chi connectivity index (χ3v) is 3.45. The van der Waals surface area contributed by atoms with Crippen LogP contribution in [0.3, 0.4) is 0 Å². The number of carbonyl (C=O) groups is 1.